The number of rotatable bonds is 1. The summed E-state index contributed by atoms with van der Waals surface area (Å²) in [4.78, 5) is 0. The number of hydrogen-bond acceptors (Lipinski definition) is 2. The zero-order valence-electron chi connectivity index (χ0n) is 4.42. The second-order valence-electron chi connectivity index (χ2n) is 1.58. The molecule has 8 heavy (non-hydrogen) atoms. The molecular formula is C6H7O2. The second-order valence-corrected chi connectivity index (χ2v) is 1.58. The lowest BCUT2D eigenvalue weighted by Gasteiger charge is -1.79. The van der Waals surface area contributed by atoms with Crippen molar-refractivity contribution in [3.05, 3.63) is 30.6 Å². The van der Waals surface area contributed by atoms with Crippen molar-refractivity contribution in [2.24, 2.45) is 0 Å². The van der Waals surface area contributed by atoms with Crippen LogP contribution in [0, 0.1) is 6.92 Å². The minimum atomic E-state index is -0.0461. The summed E-state index contributed by atoms with van der Waals surface area (Å²) < 4.78 is 4.80. The highest BCUT2D eigenvalue weighted by molar-refractivity contribution is 5.14. The highest BCUT2D eigenvalue weighted by Crippen LogP contribution is 2.04. The van der Waals surface area contributed by atoms with Crippen molar-refractivity contribution in [3.8, 4) is 0 Å². The normalized spacial score (nSPS) is 9.75. The standard InChI is InChI=1S/C6H7O2/c1-5-2-6(3-7)8-4-5/h2,4,7H,1,3H2. The smallest absolute Gasteiger partial charge is 0.129 e. The minimum absolute atomic E-state index is 0.0461. The van der Waals surface area contributed by atoms with Gasteiger partial charge >= 0.3 is 0 Å². The topological polar surface area (TPSA) is 33.4 Å². The molecule has 1 radical (unpaired) electrons. The molecule has 43 valence electrons. The van der Waals surface area contributed by atoms with Gasteiger partial charge in [0.15, 0.2) is 0 Å². The monoisotopic (exact) mass is 111 g/mol. The van der Waals surface area contributed by atoms with Gasteiger partial charge in [-0.3, -0.25) is 0 Å². The first-order valence-corrected chi connectivity index (χ1v) is 2.33. The minimum Gasteiger partial charge on any atom is -0.467 e. The third-order valence-corrected chi connectivity index (χ3v) is 0.864. The van der Waals surface area contributed by atoms with Crippen molar-refractivity contribution in [1.29, 1.82) is 0 Å². The molecule has 1 aromatic heterocycles. The van der Waals surface area contributed by atoms with E-state index in [0.717, 1.165) is 5.56 Å². The summed E-state index contributed by atoms with van der Waals surface area (Å²) in [6, 6.07) is 1.69. The van der Waals surface area contributed by atoms with E-state index >= 15 is 0 Å². The molecule has 0 aliphatic heterocycles. The summed E-state index contributed by atoms with van der Waals surface area (Å²) in [5.41, 5.74) is 0.800. The fourth-order valence-corrected chi connectivity index (χ4v) is 0.509. The van der Waals surface area contributed by atoms with E-state index in [-0.39, 0.29) is 6.61 Å². The average molecular weight is 111 g/mol. The Kier molecular flexibility index (Phi) is 1.35. The lowest BCUT2D eigenvalue weighted by atomic mass is 10.3. The molecule has 0 fully saturated rings. The second kappa shape index (κ2) is 2.01. The molecule has 0 unspecified atom stereocenters. The Morgan fingerprint density at radius 3 is 2.75 bits per heavy atom. The van der Waals surface area contributed by atoms with Gasteiger partial charge in [0.2, 0.25) is 0 Å². The summed E-state index contributed by atoms with van der Waals surface area (Å²) in [5.74, 6) is 0.565. The van der Waals surface area contributed by atoms with Crippen LogP contribution in [0.15, 0.2) is 16.7 Å². The highest BCUT2D eigenvalue weighted by Gasteiger charge is 1.92. The Bertz CT molecular complexity index is 167. The predicted octanol–water partition coefficient (Wildman–Crippen LogP) is 0.954. The van der Waals surface area contributed by atoms with Crippen molar-refractivity contribution in [1.82, 2.24) is 0 Å². The molecule has 0 atom stereocenters. The van der Waals surface area contributed by atoms with E-state index in [9.17, 15) is 0 Å². The fraction of sp³-hybridized carbons (Fsp3) is 0.167. The molecule has 2 nitrogen and oxygen atoms in total. The maximum absolute atomic E-state index is 8.43. The van der Waals surface area contributed by atoms with E-state index in [0.29, 0.717) is 5.76 Å². The summed E-state index contributed by atoms with van der Waals surface area (Å²) in [6.45, 7) is 3.54. The van der Waals surface area contributed by atoms with Crippen LogP contribution in [0.4, 0.5) is 0 Å². The van der Waals surface area contributed by atoms with Crippen LogP contribution in [-0.2, 0) is 6.61 Å². The van der Waals surface area contributed by atoms with E-state index in [4.69, 9.17) is 9.52 Å². The summed E-state index contributed by atoms with van der Waals surface area (Å²) in [7, 11) is 0. The Hall–Kier alpha value is -0.760. The van der Waals surface area contributed by atoms with Gasteiger partial charge in [0.25, 0.3) is 0 Å². The number of furan rings is 1. The van der Waals surface area contributed by atoms with Gasteiger partial charge in [0.1, 0.15) is 12.4 Å². The molecular weight excluding hydrogens is 104 g/mol. The lowest BCUT2D eigenvalue weighted by Crippen LogP contribution is -1.73. The zero-order valence-corrected chi connectivity index (χ0v) is 4.42. The first kappa shape index (κ1) is 5.38. The van der Waals surface area contributed by atoms with Gasteiger partial charge in [-0.2, -0.15) is 0 Å². The van der Waals surface area contributed by atoms with Crippen LogP contribution in [0.5, 0.6) is 0 Å². The molecule has 0 aliphatic rings. The molecule has 1 heterocycles. The molecule has 1 rings (SSSR count). The van der Waals surface area contributed by atoms with Crippen molar-refractivity contribution in [3.63, 3.8) is 0 Å². The van der Waals surface area contributed by atoms with Crippen LogP contribution in [0.3, 0.4) is 0 Å². The van der Waals surface area contributed by atoms with Crippen LogP contribution < -0.4 is 0 Å². The van der Waals surface area contributed by atoms with Crippen LogP contribution in [0.25, 0.3) is 0 Å². The van der Waals surface area contributed by atoms with Gasteiger partial charge in [-0.15, -0.1) is 0 Å². The van der Waals surface area contributed by atoms with Crippen molar-refractivity contribution >= 4 is 0 Å². The zero-order chi connectivity index (χ0) is 5.98. The third kappa shape index (κ3) is 0.898. The third-order valence-electron chi connectivity index (χ3n) is 0.864. The van der Waals surface area contributed by atoms with Gasteiger partial charge < -0.3 is 9.52 Å². The van der Waals surface area contributed by atoms with Crippen LogP contribution in [0.1, 0.15) is 11.3 Å². The fourth-order valence-electron chi connectivity index (χ4n) is 0.509. The number of aliphatic hydroxyl groups excluding tert-OH is 1. The SMILES string of the molecule is [CH2]c1coc(CO)c1. The molecule has 0 aliphatic carbocycles. The number of aliphatic hydroxyl groups is 1. The molecule has 0 amide bonds. The predicted molar refractivity (Wildman–Crippen MR) is 29.1 cm³/mol. The molecule has 2 heteroatoms. The molecule has 1 aromatic rings. The Labute approximate surface area is 47.7 Å². The van der Waals surface area contributed by atoms with Crippen molar-refractivity contribution < 1.29 is 9.52 Å². The Morgan fingerprint density at radius 2 is 2.50 bits per heavy atom. The van der Waals surface area contributed by atoms with Gasteiger partial charge in [0, 0.05) is 0 Å². The summed E-state index contributed by atoms with van der Waals surface area (Å²) in [5, 5.41) is 8.43. The maximum Gasteiger partial charge on any atom is 0.129 e. The lowest BCUT2D eigenvalue weighted by molar-refractivity contribution is 0.247. The largest absolute Gasteiger partial charge is 0.467 e. The van der Waals surface area contributed by atoms with Crippen LogP contribution in [0.2, 0.25) is 0 Å². The van der Waals surface area contributed by atoms with Crippen LogP contribution >= 0.6 is 0 Å². The molecule has 0 bridgehead atoms. The highest BCUT2D eigenvalue weighted by atomic mass is 16.4. The van der Waals surface area contributed by atoms with Gasteiger partial charge in [0.05, 0.1) is 6.26 Å². The molecule has 0 spiro atoms. The first-order valence-electron chi connectivity index (χ1n) is 2.33. The summed E-state index contributed by atoms with van der Waals surface area (Å²) in [6.07, 6.45) is 1.51. The summed E-state index contributed by atoms with van der Waals surface area (Å²) >= 11 is 0. The Morgan fingerprint density at radius 1 is 1.75 bits per heavy atom. The van der Waals surface area contributed by atoms with E-state index in [1.54, 1.807) is 6.07 Å². The van der Waals surface area contributed by atoms with E-state index in [1.807, 2.05) is 0 Å². The van der Waals surface area contributed by atoms with Crippen molar-refractivity contribution in [2.75, 3.05) is 0 Å². The van der Waals surface area contributed by atoms with Gasteiger partial charge in [-0.25, -0.2) is 0 Å². The van der Waals surface area contributed by atoms with Gasteiger partial charge in [-0.05, 0) is 18.6 Å². The molecule has 0 saturated heterocycles. The molecule has 0 aromatic carbocycles. The molecule has 1 N–H and O–H groups in total. The first-order chi connectivity index (χ1) is 3.83. The van der Waals surface area contributed by atoms with Crippen molar-refractivity contribution in [2.45, 2.75) is 6.61 Å². The Balaban J connectivity index is 2.84. The quantitative estimate of drug-likeness (QED) is 0.585. The van der Waals surface area contributed by atoms with Gasteiger partial charge in [-0.1, -0.05) is 0 Å². The maximum atomic E-state index is 8.43. The van der Waals surface area contributed by atoms with E-state index in [2.05, 4.69) is 6.92 Å². The molecule has 0 saturated carbocycles. The van der Waals surface area contributed by atoms with E-state index < -0.39 is 0 Å². The van der Waals surface area contributed by atoms with Crippen LogP contribution in [-0.4, -0.2) is 5.11 Å². The average Bonchev–Trinajstić information content (AvgIpc) is 2.14. The van der Waals surface area contributed by atoms with E-state index in [1.165, 1.54) is 6.26 Å². The number of hydrogen-bond donors (Lipinski definition) is 1.